The molecule has 0 radical (unpaired) electrons. The summed E-state index contributed by atoms with van der Waals surface area (Å²) in [5.74, 6) is 0.218. The lowest BCUT2D eigenvalue weighted by Gasteiger charge is -2.29. The van der Waals surface area contributed by atoms with Crippen molar-refractivity contribution in [3.63, 3.8) is 0 Å². The molecule has 0 fully saturated rings. The molecule has 0 saturated heterocycles. The molecule has 0 unspecified atom stereocenters. The molecule has 0 saturated carbocycles. The molecule has 2 aromatic carbocycles. The van der Waals surface area contributed by atoms with Crippen molar-refractivity contribution < 1.29 is 18.7 Å². The minimum Gasteiger partial charge on any atom is -0.478 e. The number of ether oxygens (including phenoxy) is 1. The van der Waals surface area contributed by atoms with Gasteiger partial charge in [0, 0.05) is 25.3 Å². The van der Waals surface area contributed by atoms with Crippen molar-refractivity contribution in [1.29, 1.82) is 0 Å². The van der Waals surface area contributed by atoms with E-state index in [1.165, 1.54) is 12.3 Å². The molecule has 0 bridgehead atoms. The number of fused-ring (bicyclic) bond motifs is 3. The molecule has 3 aromatic rings. The lowest BCUT2D eigenvalue weighted by Crippen LogP contribution is -2.33. The lowest BCUT2D eigenvalue weighted by molar-refractivity contribution is 0.0887. The average molecular weight is 355 g/mol. The maximum atomic E-state index is 14.1. The highest BCUT2D eigenvalue weighted by atomic mass is 19.1. The Kier molecular flexibility index (Phi) is 4.44. The highest BCUT2D eigenvalue weighted by Crippen LogP contribution is 2.32. The van der Waals surface area contributed by atoms with Crippen LogP contribution in [0.25, 0.3) is 22.1 Å². The first-order valence-electron chi connectivity index (χ1n) is 8.47. The summed E-state index contributed by atoms with van der Waals surface area (Å²) in [7, 11) is 0. The molecular weight excluding hydrogens is 337 g/mol. The molecule has 1 aliphatic heterocycles. The Morgan fingerprint density at radius 1 is 1.15 bits per heavy atom. The van der Waals surface area contributed by atoms with Gasteiger partial charge in [0.1, 0.15) is 30.1 Å². The third-order valence-corrected chi connectivity index (χ3v) is 4.58. The number of halogens is 1. The van der Waals surface area contributed by atoms with Gasteiger partial charge in [0.2, 0.25) is 5.43 Å². The summed E-state index contributed by atoms with van der Waals surface area (Å²) in [6, 6.07) is 9.55. The molecule has 2 heterocycles. The van der Waals surface area contributed by atoms with E-state index in [0.717, 1.165) is 5.56 Å². The normalized spacial score (nSPS) is 14.2. The van der Waals surface area contributed by atoms with Gasteiger partial charge in [-0.3, -0.25) is 9.69 Å². The van der Waals surface area contributed by atoms with Gasteiger partial charge in [-0.15, -0.1) is 0 Å². The van der Waals surface area contributed by atoms with Crippen LogP contribution in [0, 0.1) is 5.82 Å². The number of nitrogens with zero attached hydrogens (tertiary/aromatic N) is 1. The van der Waals surface area contributed by atoms with Crippen molar-refractivity contribution in [2.45, 2.75) is 13.0 Å². The van der Waals surface area contributed by atoms with Crippen molar-refractivity contribution in [3.05, 3.63) is 64.3 Å². The van der Waals surface area contributed by atoms with Gasteiger partial charge in [-0.05, 0) is 24.6 Å². The van der Waals surface area contributed by atoms with Crippen LogP contribution in [-0.4, -0.2) is 29.9 Å². The SMILES string of the molecule is O=c1c(-c2ccccc2F)coc2c3c(ccc12)OCN(CCCO)C3. The molecule has 1 aromatic heterocycles. The fourth-order valence-corrected chi connectivity index (χ4v) is 3.26. The molecule has 1 aliphatic rings. The fraction of sp³-hybridized carbons (Fsp3) is 0.250. The second-order valence-electron chi connectivity index (χ2n) is 6.28. The first-order valence-corrected chi connectivity index (χ1v) is 8.47. The van der Waals surface area contributed by atoms with Crippen LogP contribution in [0.4, 0.5) is 4.39 Å². The Bertz CT molecular complexity index is 1010. The second-order valence-corrected chi connectivity index (χ2v) is 6.28. The maximum absolute atomic E-state index is 14.1. The Labute approximate surface area is 149 Å². The Balaban J connectivity index is 1.81. The standard InChI is InChI=1S/C20H18FNO4/c21-17-5-2-1-4-13(17)16-11-25-20-14(19(16)24)6-7-18-15(20)10-22(12-26-18)8-3-9-23/h1-2,4-7,11,23H,3,8-10,12H2. The minimum absolute atomic E-state index is 0.111. The lowest BCUT2D eigenvalue weighted by atomic mass is 10.0. The van der Waals surface area contributed by atoms with E-state index in [9.17, 15) is 9.18 Å². The molecule has 0 amide bonds. The van der Waals surface area contributed by atoms with Crippen LogP contribution in [-0.2, 0) is 6.54 Å². The van der Waals surface area contributed by atoms with E-state index in [1.54, 1.807) is 30.3 Å². The summed E-state index contributed by atoms with van der Waals surface area (Å²) >= 11 is 0. The third-order valence-electron chi connectivity index (χ3n) is 4.58. The summed E-state index contributed by atoms with van der Waals surface area (Å²) in [5.41, 5.74) is 1.41. The van der Waals surface area contributed by atoms with Crippen LogP contribution in [0.1, 0.15) is 12.0 Å². The van der Waals surface area contributed by atoms with Gasteiger partial charge in [-0.2, -0.15) is 0 Å². The Morgan fingerprint density at radius 2 is 2.00 bits per heavy atom. The summed E-state index contributed by atoms with van der Waals surface area (Å²) in [5, 5.41) is 9.40. The molecule has 0 atom stereocenters. The van der Waals surface area contributed by atoms with E-state index in [-0.39, 0.29) is 23.2 Å². The first kappa shape index (κ1) is 16.8. The molecule has 1 N–H and O–H groups in total. The fourth-order valence-electron chi connectivity index (χ4n) is 3.26. The van der Waals surface area contributed by atoms with E-state index in [4.69, 9.17) is 14.3 Å². The molecule has 0 spiro atoms. The number of hydrogen-bond acceptors (Lipinski definition) is 5. The third kappa shape index (κ3) is 2.87. The van der Waals surface area contributed by atoms with E-state index >= 15 is 0 Å². The van der Waals surface area contributed by atoms with E-state index in [1.807, 2.05) is 4.90 Å². The highest BCUT2D eigenvalue weighted by Gasteiger charge is 2.22. The molecular formula is C20H18FNO4. The van der Waals surface area contributed by atoms with Gasteiger partial charge in [-0.25, -0.2) is 4.39 Å². The molecule has 134 valence electrons. The van der Waals surface area contributed by atoms with Gasteiger partial charge in [0.25, 0.3) is 0 Å². The summed E-state index contributed by atoms with van der Waals surface area (Å²) in [6.07, 6.45) is 1.96. The largest absolute Gasteiger partial charge is 0.478 e. The second kappa shape index (κ2) is 6.90. The minimum atomic E-state index is -0.462. The number of aliphatic hydroxyl groups excluding tert-OH is 1. The van der Waals surface area contributed by atoms with Gasteiger partial charge in [0.05, 0.1) is 16.5 Å². The number of aliphatic hydroxyl groups is 1. The van der Waals surface area contributed by atoms with Gasteiger partial charge in [0.15, 0.2) is 0 Å². The maximum Gasteiger partial charge on any atom is 0.200 e. The van der Waals surface area contributed by atoms with Crippen LogP contribution >= 0.6 is 0 Å². The smallest absolute Gasteiger partial charge is 0.200 e. The van der Waals surface area contributed by atoms with Gasteiger partial charge in [-0.1, -0.05) is 18.2 Å². The Morgan fingerprint density at radius 3 is 2.81 bits per heavy atom. The zero-order chi connectivity index (χ0) is 18.1. The van der Waals surface area contributed by atoms with Crippen LogP contribution in [0.5, 0.6) is 5.75 Å². The topological polar surface area (TPSA) is 62.9 Å². The monoisotopic (exact) mass is 355 g/mol. The van der Waals surface area contributed by atoms with Crippen molar-refractivity contribution in [2.75, 3.05) is 19.9 Å². The zero-order valence-electron chi connectivity index (χ0n) is 14.1. The van der Waals surface area contributed by atoms with Crippen LogP contribution in [0.3, 0.4) is 0 Å². The van der Waals surface area contributed by atoms with E-state index in [2.05, 4.69) is 0 Å². The molecule has 0 aliphatic carbocycles. The van der Waals surface area contributed by atoms with Crippen molar-refractivity contribution >= 4 is 11.0 Å². The van der Waals surface area contributed by atoms with Crippen molar-refractivity contribution in [1.82, 2.24) is 4.90 Å². The van der Waals surface area contributed by atoms with Crippen LogP contribution in [0.2, 0.25) is 0 Å². The average Bonchev–Trinajstić information content (AvgIpc) is 2.67. The van der Waals surface area contributed by atoms with Crippen LogP contribution < -0.4 is 10.2 Å². The highest BCUT2D eigenvalue weighted by molar-refractivity contribution is 5.85. The first-order chi connectivity index (χ1) is 12.7. The predicted octanol–water partition coefficient (Wildman–Crippen LogP) is 3.13. The molecule has 6 heteroatoms. The molecule has 26 heavy (non-hydrogen) atoms. The molecule has 5 nitrogen and oxygen atoms in total. The van der Waals surface area contributed by atoms with E-state index < -0.39 is 5.82 Å². The van der Waals surface area contributed by atoms with Gasteiger partial charge < -0.3 is 14.3 Å². The number of benzene rings is 2. The summed E-state index contributed by atoms with van der Waals surface area (Å²) < 4.78 is 25.6. The number of hydrogen-bond donors (Lipinski definition) is 1. The van der Waals surface area contributed by atoms with E-state index in [0.29, 0.717) is 43.0 Å². The number of rotatable bonds is 4. The van der Waals surface area contributed by atoms with Crippen molar-refractivity contribution in [2.24, 2.45) is 0 Å². The molecule has 4 rings (SSSR count). The predicted molar refractivity (Wildman–Crippen MR) is 95.5 cm³/mol. The van der Waals surface area contributed by atoms with Gasteiger partial charge >= 0.3 is 0 Å². The summed E-state index contributed by atoms with van der Waals surface area (Å²) in [6.45, 7) is 1.79. The summed E-state index contributed by atoms with van der Waals surface area (Å²) in [4.78, 5) is 14.9. The zero-order valence-corrected chi connectivity index (χ0v) is 14.1. The Hall–Kier alpha value is -2.70. The van der Waals surface area contributed by atoms with Crippen LogP contribution in [0.15, 0.2) is 51.9 Å². The quantitative estimate of drug-likeness (QED) is 0.779. The van der Waals surface area contributed by atoms with Crippen molar-refractivity contribution in [3.8, 4) is 16.9 Å².